The second-order valence-corrected chi connectivity index (χ2v) is 4.64. The molecule has 3 rings (SSSR count). The highest BCUT2D eigenvalue weighted by Gasteiger charge is 2.20. The summed E-state index contributed by atoms with van der Waals surface area (Å²) >= 11 is 0. The third-order valence-corrected chi connectivity index (χ3v) is 3.59. The Hall–Kier alpha value is -2.09. The number of H-pyrrole nitrogens is 1. The van der Waals surface area contributed by atoms with Gasteiger partial charge in [0.1, 0.15) is 11.6 Å². The van der Waals surface area contributed by atoms with Crippen LogP contribution in [0.3, 0.4) is 0 Å². The lowest BCUT2D eigenvalue weighted by Crippen LogP contribution is -2.25. The van der Waals surface area contributed by atoms with E-state index in [0.29, 0.717) is 17.6 Å². The molecular formula is C13H14N4O. The minimum Gasteiger partial charge on any atom is -0.292 e. The maximum Gasteiger partial charge on any atom is 0.276 e. The largest absolute Gasteiger partial charge is 0.292 e. The van der Waals surface area contributed by atoms with Crippen LogP contribution in [0.2, 0.25) is 0 Å². The Balaban J connectivity index is 2.41. The van der Waals surface area contributed by atoms with Gasteiger partial charge in [0.05, 0.1) is 11.4 Å². The number of hydrogen-bond acceptors (Lipinski definition) is 3. The molecule has 5 nitrogen and oxygen atoms in total. The van der Waals surface area contributed by atoms with Gasteiger partial charge in [0, 0.05) is 5.56 Å². The zero-order valence-electron chi connectivity index (χ0n) is 10.3. The molecule has 0 bridgehead atoms. The summed E-state index contributed by atoms with van der Waals surface area (Å²) in [5.74, 6) is 0. The maximum atomic E-state index is 12.4. The van der Waals surface area contributed by atoms with Crippen molar-refractivity contribution in [3.8, 4) is 6.07 Å². The Labute approximate surface area is 104 Å². The van der Waals surface area contributed by atoms with Gasteiger partial charge in [-0.05, 0) is 32.1 Å². The Morgan fingerprint density at radius 3 is 2.94 bits per heavy atom. The van der Waals surface area contributed by atoms with Gasteiger partial charge in [0.25, 0.3) is 5.56 Å². The summed E-state index contributed by atoms with van der Waals surface area (Å²) in [4.78, 5) is 16.9. The molecule has 0 amide bonds. The van der Waals surface area contributed by atoms with Crippen LogP contribution in [0.15, 0.2) is 4.79 Å². The second-order valence-electron chi connectivity index (χ2n) is 4.64. The van der Waals surface area contributed by atoms with Gasteiger partial charge in [-0.15, -0.1) is 0 Å². The molecule has 0 fully saturated rings. The van der Waals surface area contributed by atoms with Crippen LogP contribution in [0.25, 0.3) is 5.65 Å². The minimum atomic E-state index is -0.0362. The maximum absolute atomic E-state index is 12.4. The fourth-order valence-electron chi connectivity index (χ4n) is 2.62. The smallest absolute Gasteiger partial charge is 0.276 e. The van der Waals surface area contributed by atoms with Gasteiger partial charge in [-0.2, -0.15) is 9.78 Å². The van der Waals surface area contributed by atoms with E-state index < -0.39 is 0 Å². The van der Waals surface area contributed by atoms with Crippen LogP contribution in [0, 0.1) is 11.3 Å². The molecule has 0 aliphatic heterocycles. The summed E-state index contributed by atoms with van der Waals surface area (Å²) in [5, 5.41) is 12.2. The zero-order chi connectivity index (χ0) is 12.7. The molecular weight excluding hydrogens is 228 g/mol. The number of aryl methyl sites for hydroxylation is 2. The summed E-state index contributed by atoms with van der Waals surface area (Å²) in [5.41, 5.74) is 3.43. The van der Waals surface area contributed by atoms with E-state index in [0.717, 1.165) is 42.6 Å². The summed E-state index contributed by atoms with van der Waals surface area (Å²) in [6, 6.07) is 2.15. The Kier molecular flexibility index (Phi) is 2.44. The Morgan fingerprint density at radius 2 is 2.22 bits per heavy atom. The van der Waals surface area contributed by atoms with Crippen LogP contribution in [-0.4, -0.2) is 14.6 Å². The molecule has 1 N–H and O–H groups in total. The number of hydrogen-bond donors (Lipinski definition) is 1. The van der Waals surface area contributed by atoms with Crippen molar-refractivity contribution >= 4 is 5.65 Å². The van der Waals surface area contributed by atoms with Gasteiger partial charge >= 0.3 is 0 Å². The first kappa shape index (κ1) is 11.0. The molecule has 0 unspecified atom stereocenters. The molecule has 0 atom stereocenters. The van der Waals surface area contributed by atoms with Crippen LogP contribution in [-0.2, 0) is 19.3 Å². The van der Waals surface area contributed by atoms with E-state index >= 15 is 0 Å². The van der Waals surface area contributed by atoms with Crippen molar-refractivity contribution in [2.24, 2.45) is 0 Å². The van der Waals surface area contributed by atoms with Gasteiger partial charge in [-0.25, -0.2) is 4.98 Å². The first-order valence-corrected chi connectivity index (χ1v) is 6.31. The third kappa shape index (κ3) is 1.39. The molecule has 0 saturated carbocycles. The minimum absolute atomic E-state index is 0.0362. The molecule has 2 aromatic heterocycles. The molecule has 1 aliphatic carbocycles. The summed E-state index contributed by atoms with van der Waals surface area (Å²) < 4.78 is 1.43. The fraction of sp³-hybridized carbons (Fsp3) is 0.462. The van der Waals surface area contributed by atoms with E-state index in [1.807, 2.05) is 6.92 Å². The predicted molar refractivity (Wildman–Crippen MR) is 66.5 cm³/mol. The first-order valence-electron chi connectivity index (χ1n) is 6.31. The number of fused-ring (bicyclic) bond motifs is 2. The molecule has 92 valence electrons. The van der Waals surface area contributed by atoms with Gasteiger partial charge in [-0.1, -0.05) is 6.92 Å². The van der Waals surface area contributed by atoms with Crippen LogP contribution >= 0.6 is 0 Å². The van der Waals surface area contributed by atoms with Gasteiger partial charge in [0.2, 0.25) is 0 Å². The zero-order valence-corrected chi connectivity index (χ0v) is 10.3. The number of nitriles is 1. The summed E-state index contributed by atoms with van der Waals surface area (Å²) in [6.45, 7) is 1.95. The Morgan fingerprint density at radius 1 is 1.44 bits per heavy atom. The van der Waals surface area contributed by atoms with Crippen molar-refractivity contribution in [2.45, 2.75) is 39.0 Å². The molecule has 0 radical (unpaired) electrons. The quantitative estimate of drug-likeness (QED) is 0.820. The number of aromatic nitrogens is 3. The van der Waals surface area contributed by atoms with Crippen molar-refractivity contribution in [3.05, 3.63) is 32.9 Å². The summed E-state index contributed by atoms with van der Waals surface area (Å²) in [6.07, 6.45) is 4.45. The van der Waals surface area contributed by atoms with E-state index in [-0.39, 0.29) is 5.56 Å². The standard InChI is InChI=1S/C13H14N4O/c1-2-10-9(7-14)12-15-11-6-4-3-5-8(11)13(18)17(12)16-10/h16H,2-6H2,1H3. The van der Waals surface area contributed by atoms with Gasteiger partial charge < -0.3 is 0 Å². The number of rotatable bonds is 1. The molecule has 0 spiro atoms. The molecule has 2 heterocycles. The van der Waals surface area contributed by atoms with Crippen LogP contribution in [0.4, 0.5) is 0 Å². The molecule has 2 aromatic rings. The monoisotopic (exact) mass is 242 g/mol. The average Bonchev–Trinajstić information content (AvgIpc) is 2.77. The Bertz CT molecular complexity index is 717. The van der Waals surface area contributed by atoms with E-state index in [1.165, 1.54) is 4.52 Å². The van der Waals surface area contributed by atoms with E-state index in [2.05, 4.69) is 16.2 Å². The highest BCUT2D eigenvalue weighted by atomic mass is 16.1. The third-order valence-electron chi connectivity index (χ3n) is 3.59. The molecule has 18 heavy (non-hydrogen) atoms. The SMILES string of the molecule is CCc1[nH]n2c(=O)c3c(nc2c1C#N)CCCC3. The van der Waals surface area contributed by atoms with Crippen LogP contribution < -0.4 is 5.56 Å². The van der Waals surface area contributed by atoms with Crippen molar-refractivity contribution in [1.82, 2.24) is 14.6 Å². The van der Waals surface area contributed by atoms with Crippen molar-refractivity contribution < 1.29 is 0 Å². The van der Waals surface area contributed by atoms with Crippen LogP contribution in [0.1, 0.15) is 42.3 Å². The van der Waals surface area contributed by atoms with Gasteiger partial charge in [-0.3, -0.25) is 9.89 Å². The fourth-order valence-corrected chi connectivity index (χ4v) is 2.62. The number of nitrogens with zero attached hydrogens (tertiary/aromatic N) is 3. The first-order chi connectivity index (χ1) is 8.76. The van der Waals surface area contributed by atoms with Crippen LogP contribution in [0.5, 0.6) is 0 Å². The van der Waals surface area contributed by atoms with Crippen molar-refractivity contribution in [3.63, 3.8) is 0 Å². The number of nitrogens with one attached hydrogen (secondary N) is 1. The lowest BCUT2D eigenvalue weighted by Gasteiger charge is -2.13. The molecule has 5 heteroatoms. The predicted octanol–water partition coefficient (Wildman–Crippen LogP) is 1.34. The van der Waals surface area contributed by atoms with Crippen molar-refractivity contribution in [1.29, 1.82) is 5.26 Å². The molecule has 0 aromatic carbocycles. The normalized spacial score (nSPS) is 14.4. The lowest BCUT2D eigenvalue weighted by atomic mass is 9.97. The van der Waals surface area contributed by atoms with Gasteiger partial charge in [0.15, 0.2) is 5.65 Å². The summed E-state index contributed by atoms with van der Waals surface area (Å²) in [7, 11) is 0. The molecule has 1 aliphatic rings. The number of aromatic amines is 1. The second kappa shape index (κ2) is 3.98. The highest BCUT2D eigenvalue weighted by Crippen LogP contribution is 2.19. The molecule has 0 saturated heterocycles. The van der Waals surface area contributed by atoms with E-state index in [1.54, 1.807) is 0 Å². The lowest BCUT2D eigenvalue weighted by molar-refractivity contribution is 0.650. The van der Waals surface area contributed by atoms with E-state index in [9.17, 15) is 10.1 Å². The highest BCUT2D eigenvalue weighted by molar-refractivity contribution is 5.58. The average molecular weight is 242 g/mol. The topological polar surface area (TPSA) is 73.9 Å². The van der Waals surface area contributed by atoms with Crippen molar-refractivity contribution in [2.75, 3.05) is 0 Å². The van der Waals surface area contributed by atoms with E-state index in [4.69, 9.17) is 0 Å².